The highest BCUT2D eigenvalue weighted by Gasteiger charge is 2.31. The number of pyridine rings is 1. The van der Waals surface area contributed by atoms with Crippen molar-refractivity contribution >= 4 is 29.0 Å². The lowest BCUT2D eigenvalue weighted by atomic mass is 10.2. The van der Waals surface area contributed by atoms with Crippen LogP contribution in [0.15, 0.2) is 12.3 Å². The van der Waals surface area contributed by atoms with Crippen molar-refractivity contribution in [2.24, 2.45) is 0 Å². The van der Waals surface area contributed by atoms with E-state index in [1.807, 2.05) is 0 Å². The van der Waals surface area contributed by atoms with Crippen molar-refractivity contribution in [1.29, 1.82) is 0 Å². The van der Waals surface area contributed by atoms with Gasteiger partial charge in [0.25, 0.3) is 0 Å². The summed E-state index contributed by atoms with van der Waals surface area (Å²) in [5.74, 6) is 0.673. The van der Waals surface area contributed by atoms with E-state index in [2.05, 4.69) is 4.98 Å². The molecule has 1 aromatic heterocycles. The summed E-state index contributed by atoms with van der Waals surface area (Å²) in [6.45, 7) is 1.26. The van der Waals surface area contributed by atoms with E-state index in [9.17, 15) is 13.2 Å². The minimum atomic E-state index is -4.45. The van der Waals surface area contributed by atoms with Gasteiger partial charge in [-0.3, -0.25) is 0 Å². The maximum absolute atomic E-state index is 12.4. The minimum Gasteiger partial charge on any atom is -0.378 e. The standard InChI is InChI=1S/C11H13Cl2F3N2O/c1-18(3-5-19-4-2-12)10-9(13)6-8(7-17-10)11(14,15)16/h6-7H,2-5H2,1H3. The average Bonchev–Trinajstić information content (AvgIpc) is 2.33. The molecule has 0 aliphatic carbocycles. The molecule has 0 spiro atoms. The zero-order chi connectivity index (χ0) is 14.5. The molecule has 1 rings (SSSR count). The van der Waals surface area contributed by atoms with Crippen molar-refractivity contribution in [2.75, 3.05) is 37.6 Å². The van der Waals surface area contributed by atoms with E-state index in [1.54, 1.807) is 11.9 Å². The molecule has 19 heavy (non-hydrogen) atoms. The first kappa shape index (κ1) is 16.3. The second-order valence-electron chi connectivity index (χ2n) is 3.75. The number of alkyl halides is 4. The van der Waals surface area contributed by atoms with Gasteiger partial charge in [0.2, 0.25) is 0 Å². The number of ether oxygens (including phenoxy) is 1. The van der Waals surface area contributed by atoms with Crippen LogP contribution < -0.4 is 4.90 Å². The number of rotatable bonds is 6. The van der Waals surface area contributed by atoms with E-state index < -0.39 is 11.7 Å². The van der Waals surface area contributed by atoms with Crippen molar-refractivity contribution in [2.45, 2.75) is 6.18 Å². The monoisotopic (exact) mass is 316 g/mol. The van der Waals surface area contributed by atoms with Crippen molar-refractivity contribution < 1.29 is 17.9 Å². The Morgan fingerprint density at radius 3 is 2.58 bits per heavy atom. The van der Waals surface area contributed by atoms with Gasteiger partial charge in [-0.05, 0) is 6.07 Å². The Hall–Kier alpha value is -0.720. The summed E-state index contributed by atoms with van der Waals surface area (Å²) in [6, 6.07) is 0.861. The topological polar surface area (TPSA) is 25.4 Å². The number of halogens is 5. The fourth-order valence-corrected chi connectivity index (χ4v) is 1.75. The first-order valence-electron chi connectivity index (χ1n) is 5.44. The van der Waals surface area contributed by atoms with Crippen LogP contribution in [0, 0.1) is 0 Å². The lowest BCUT2D eigenvalue weighted by Gasteiger charge is -2.20. The van der Waals surface area contributed by atoms with Gasteiger partial charge in [0.1, 0.15) is 5.82 Å². The second kappa shape index (κ2) is 7.17. The quantitative estimate of drug-likeness (QED) is 0.594. The van der Waals surface area contributed by atoms with Crippen LogP contribution in [0.4, 0.5) is 19.0 Å². The number of nitrogens with zero attached hydrogens (tertiary/aromatic N) is 2. The SMILES string of the molecule is CN(CCOCCCl)c1ncc(C(F)(F)F)cc1Cl. The number of likely N-dealkylation sites (N-methyl/N-ethyl adjacent to an activating group) is 1. The Morgan fingerprint density at radius 2 is 2.05 bits per heavy atom. The van der Waals surface area contributed by atoms with Crippen LogP contribution in [0.3, 0.4) is 0 Å². The largest absolute Gasteiger partial charge is 0.417 e. The maximum atomic E-state index is 12.4. The molecule has 0 radical (unpaired) electrons. The van der Waals surface area contributed by atoms with E-state index >= 15 is 0 Å². The number of hydrogen-bond donors (Lipinski definition) is 0. The third-order valence-corrected chi connectivity index (χ3v) is 2.74. The molecule has 1 heterocycles. The van der Waals surface area contributed by atoms with E-state index in [1.165, 1.54) is 0 Å². The molecule has 0 saturated carbocycles. The lowest BCUT2D eigenvalue weighted by molar-refractivity contribution is -0.137. The molecule has 0 unspecified atom stereocenters. The highest BCUT2D eigenvalue weighted by Crippen LogP contribution is 2.33. The molecule has 108 valence electrons. The first-order valence-corrected chi connectivity index (χ1v) is 6.35. The Morgan fingerprint density at radius 1 is 1.37 bits per heavy atom. The van der Waals surface area contributed by atoms with Gasteiger partial charge in [-0.25, -0.2) is 4.98 Å². The Labute approximate surface area is 119 Å². The summed E-state index contributed by atoms with van der Waals surface area (Å²) < 4.78 is 42.5. The van der Waals surface area contributed by atoms with Crippen LogP contribution >= 0.6 is 23.2 Å². The predicted molar refractivity (Wildman–Crippen MR) is 69.1 cm³/mol. The average molecular weight is 317 g/mol. The van der Waals surface area contributed by atoms with Crippen LogP contribution in [0.2, 0.25) is 5.02 Å². The van der Waals surface area contributed by atoms with E-state index in [0.717, 1.165) is 12.3 Å². The van der Waals surface area contributed by atoms with Gasteiger partial charge >= 0.3 is 6.18 Å². The zero-order valence-electron chi connectivity index (χ0n) is 10.2. The molecule has 0 amide bonds. The van der Waals surface area contributed by atoms with E-state index in [4.69, 9.17) is 27.9 Å². The molecule has 0 fully saturated rings. The molecule has 0 atom stereocenters. The van der Waals surface area contributed by atoms with Gasteiger partial charge in [-0.1, -0.05) is 11.6 Å². The summed E-state index contributed by atoms with van der Waals surface area (Å²) in [6.07, 6.45) is -3.69. The van der Waals surface area contributed by atoms with Crippen molar-refractivity contribution in [1.82, 2.24) is 4.98 Å². The maximum Gasteiger partial charge on any atom is 0.417 e. The third-order valence-electron chi connectivity index (χ3n) is 2.30. The highest BCUT2D eigenvalue weighted by molar-refractivity contribution is 6.33. The first-order chi connectivity index (χ1) is 8.86. The van der Waals surface area contributed by atoms with Crippen LogP contribution in [-0.2, 0) is 10.9 Å². The van der Waals surface area contributed by atoms with Crippen molar-refractivity contribution in [3.8, 4) is 0 Å². The predicted octanol–water partition coefficient (Wildman–Crippen LogP) is 3.45. The van der Waals surface area contributed by atoms with Crippen LogP contribution in [-0.4, -0.2) is 37.7 Å². The minimum absolute atomic E-state index is 0.0466. The zero-order valence-corrected chi connectivity index (χ0v) is 11.7. The molecular formula is C11H13Cl2F3N2O. The van der Waals surface area contributed by atoms with Crippen LogP contribution in [0.5, 0.6) is 0 Å². The van der Waals surface area contributed by atoms with Gasteiger partial charge in [0.15, 0.2) is 0 Å². The van der Waals surface area contributed by atoms with Gasteiger partial charge in [0.05, 0.1) is 23.8 Å². The molecule has 8 heteroatoms. The molecule has 0 saturated heterocycles. The summed E-state index contributed by atoms with van der Waals surface area (Å²) >= 11 is 11.2. The molecule has 0 aromatic carbocycles. The van der Waals surface area contributed by atoms with E-state index in [-0.39, 0.29) is 10.8 Å². The van der Waals surface area contributed by atoms with Crippen molar-refractivity contribution in [3.05, 3.63) is 22.8 Å². The lowest BCUT2D eigenvalue weighted by Crippen LogP contribution is -2.24. The molecule has 3 nitrogen and oxygen atoms in total. The van der Waals surface area contributed by atoms with Gasteiger partial charge in [-0.2, -0.15) is 13.2 Å². The second-order valence-corrected chi connectivity index (χ2v) is 4.54. The molecule has 0 aliphatic rings. The fraction of sp³-hybridized carbons (Fsp3) is 0.545. The van der Waals surface area contributed by atoms with E-state index in [0.29, 0.717) is 25.6 Å². The molecule has 1 aromatic rings. The fourth-order valence-electron chi connectivity index (χ4n) is 1.33. The van der Waals surface area contributed by atoms with Gasteiger partial charge in [-0.15, -0.1) is 11.6 Å². The van der Waals surface area contributed by atoms with Crippen molar-refractivity contribution in [3.63, 3.8) is 0 Å². The summed E-state index contributed by atoms with van der Waals surface area (Å²) in [5, 5.41) is -0.0466. The van der Waals surface area contributed by atoms with Crippen LogP contribution in [0.25, 0.3) is 0 Å². The normalized spacial score (nSPS) is 11.7. The summed E-state index contributed by atoms with van der Waals surface area (Å²) in [4.78, 5) is 5.36. The highest BCUT2D eigenvalue weighted by atomic mass is 35.5. The Balaban J connectivity index is 2.68. The number of aromatic nitrogens is 1. The molecular weight excluding hydrogens is 304 g/mol. The molecule has 0 aliphatic heterocycles. The summed E-state index contributed by atoms with van der Waals surface area (Å²) in [5.41, 5.74) is -0.868. The number of anilines is 1. The Bertz CT molecular complexity index is 415. The Kier molecular flexibility index (Phi) is 6.16. The smallest absolute Gasteiger partial charge is 0.378 e. The summed E-state index contributed by atoms with van der Waals surface area (Å²) in [7, 11) is 1.67. The van der Waals surface area contributed by atoms with Gasteiger partial charge < -0.3 is 9.64 Å². The van der Waals surface area contributed by atoms with Crippen LogP contribution in [0.1, 0.15) is 5.56 Å². The van der Waals surface area contributed by atoms with Gasteiger partial charge in [0, 0.05) is 25.7 Å². The third kappa shape index (κ3) is 5.04. The molecule has 0 bridgehead atoms. The molecule has 0 N–H and O–H groups in total. The number of hydrogen-bond acceptors (Lipinski definition) is 3.